The standard InChI is InChI=1S/C14H18N2O2S/c1-2-18-12-6-4-3-5-11(12)7-8-13(17)16-14-15-9-10-19-14/h3-6H,2,7-10H2,1H3,(H,15,16,17). The van der Waals surface area contributed by atoms with Gasteiger partial charge in [0, 0.05) is 12.2 Å². The Morgan fingerprint density at radius 1 is 1.47 bits per heavy atom. The van der Waals surface area contributed by atoms with Gasteiger partial charge >= 0.3 is 0 Å². The molecule has 4 nitrogen and oxygen atoms in total. The van der Waals surface area contributed by atoms with Crippen LogP contribution in [0.15, 0.2) is 29.3 Å². The molecule has 2 rings (SSSR count). The lowest BCUT2D eigenvalue weighted by atomic mass is 10.1. The minimum Gasteiger partial charge on any atom is -0.494 e. The fourth-order valence-corrected chi connectivity index (χ4v) is 2.59. The molecular weight excluding hydrogens is 260 g/mol. The molecule has 0 radical (unpaired) electrons. The van der Waals surface area contributed by atoms with Crippen LogP contribution in [0.25, 0.3) is 0 Å². The lowest BCUT2D eigenvalue weighted by Crippen LogP contribution is -2.27. The quantitative estimate of drug-likeness (QED) is 0.898. The van der Waals surface area contributed by atoms with Crippen molar-refractivity contribution >= 4 is 22.8 Å². The summed E-state index contributed by atoms with van der Waals surface area (Å²) in [6.07, 6.45) is 1.13. The third-order valence-corrected chi connectivity index (χ3v) is 3.62. The highest BCUT2D eigenvalue weighted by molar-refractivity contribution is 8.14. The second-order valence-corrected chi connectivity index (χ2v) is 5.21. The van der Waals surface area contributed by atoms with Crippen molar-refractivity contribution in [2.24, 2.45) is 4.99 Å². The van der Waals surface area contributed by atoms with Crippen molar-refractivity contribution in [1.82, 2.24) is 5.32 Å². The number of rotatable bonds is 5. The van der Waals surface area contributed by atoms with Crippen molar-refractivity contribution in [3.63, 3.8) is 0 Å². The van der Waals surface area contributed by atoms with Gasteiger partial charge in [0.25, 0.3) is 0 Å². The molecule has 0 aromatic heterocycles. The average Bonchev–Trinajstić information content (AvgIpc) is 2.91. The number of carbonyl (C=O) groups excluding carboxylic acids is 1. The van der Waals surface area contributed by atoms with Gasteiger partial charge in [0.15, 0.2) is 5.17 Å². The number of thioether (sulfide) groups is 1. The van der Waals surface area contributed by atoms with Crippen LogP contribution in [0.2, 0.25) is 0 Å². The summed E-state index contributed by atoms with van der Waals surface area (Å²) in [7, 11) is 0. The Bertz CT molecular complexity index is 474. The molecule has 102 valence electrons. The number of para-hydroxylation sites is 1. The van der Waals surface area contributed by atoms with E-state index < -0.39 is 0 Å². The Morgan fingerprint density at radius 2 is 2.32 bits per heavy atom. The van der Waals surface area contributed by atoms with Crippen LogP contribution in [-0.2, 0) is 11.2 Å². The van der Waals surface area contributed by atoms with Crippen LogP contribution in [0.5, 0.6) is 5.75 Å². The molecule has 0 aliphatic carbocycles. The number of nitrogens with zero attached hydrogens (tertiary/aromatic N) is 1. The molecule has 1 heterocycles. The first kappa shape index (κ1) is 13.9. The molecule has 1 aliphatic rings. The van der Waals surface area contributed by atoms with Crippen molar-refractivity contribution in [3.05, 3.63) is 29.8 Å². The monoisotopic (exact) mass is 278 g/mol. The Kier molecular flexibility index (Phi) is 5.27. The first-order valence-corrected chi connectivity index (χ1v) is 7.46. The summed E-state index contributed by atoms with van der Waals surface area (Å²) >= 11 is 1.60. The predicted octanol–water partition coefficient (Wildman–Crippen LogP) is 2.24. The van der Waals surface area contributed by atoms with E-state index in [1.54, 1.807) is 11.8 Å². The lowest BCUT2D eigenvalue weighted by molar-refractivity contribution is -0.119. The highest BCUT2D eigenvalue weighted by atomic mass is 32.2. The summed E-state index contributed by atoms with van der Waals surface area (Å²) < 4.78 is 5.54. The van der Waals surface area contributed by atoms with Crippen molar-refractivity contribution in [2.75, 3.05) is 18.9 Å². The largest absolute Gasteiger partial charge is 0.494 e. The molecule has 0 spiro atoms. The van der Waals surface area contributed by atoms with Crippen LogP contribution < -0.4 is 10.1 Å². The van der Waals surface area contributed by atoms with E-state index in [1.807, 2.05) is 31.2 Å². The number of aliphatic imine (C=N–C) groups is 1. The molecule has 0 unspecified atom stereocenters. The molecule has 0 atom stereocenters. The van der Waals surface area contributed by atoms with Gasteiger partial charge in [-0.3, -0.25) is 9.79 Å². The van der Waals surface area contributed by atoms with Crippen LogP contribution in [0.3, 0.4) is 0 Å². The summed E-state index contributed by atoms with van der Waals surface area (Å²) in [5.74, 6) is 1.84. The number of aryl methyl sites for hydroxylation is 1. The fraction of sp³-hybridized carbons (Fsp3) is 0.429. The maximum absolute atomic E-state index is 11.8. The Labute approximate surface area is 117 Å². The minimum absolute atomic E-state index is 0.0134. The van der Waals surface area contributed by atoms with E-state index in [2.05, 4.69) is 10.3 Å². The van der Waals surface area contributed by atoms with E-state index in [9.17, 15) is 4.79 Å². The molecule has 1 aromatic carbocycles. The minimum atomic E-state index is 0.0134. The van der Waals surface area contributed by atoms with E-state index >= 15 is 0 Å². The van der Waals surface area contributed by atoms with Gasteiger partial charge < -0.3 is 10.1 Å². The smallest absolute Gasteiger partial charge is 0.226 e. The number of hydrogen-bond acceptors (Lipinski definition) is 4. The first-order chi connectivity index (χ1) is 9.29. The normalized spacial score (nSPS) is 14.1. The van der Waals surface area contributed by atoms with Crippen molar-refractivity contribution in [1.29, 1.82) is 0 Å². The van der Waals surface area contributed by atoms with Crippen LogP contribution >= 0.6 is 11.8 Å². The van der Waals surface area contributed by atoms with E-state index in [4.69, 9.17) is 4.74 Å². The lowest BCUT2D eigenvalue weighted by Gasteiger charge is -2.09. The van der Waals surface area contributed by atoms with Crippen LogP contribution in [0.1, 0.15) is 18.9 Å². The molecule has 1 aliphatic heterocycles. The summed E-state index contributed by atoms with van der Waals surface area (Å²) in [5, 5.41) is 3.59. The van der Waals surface area contributed by atoms with Gasteiger partial charge in [-0.05, 0) is 25.0 Å². The maximum atomic E-state index is 11.8. The molecule has 0 saturated heterocycles. The third-order valence-electron chi connectivity index (χ3n) is 2.73. The highest BCUT2D eigenvalue weighted by Crippen LogP contribution is 2.19. The van der Waals surface area contributed by atoms with Crippen LogP contribution in [0.4, 0.5) is 0 Å². The molecule has 5 heteroatoms. The number of carbonyl (C=O) groups is 1. The maximum Gasteiger partial charge on any atom is 0.226 e. The number of ether oxygens (including phenoxy) is 1. The van der Waals surface area contributed by atoms with Crippen LogP contribution in [0, 0.1) is 0 Å². The Balaban J connectivity index is 1.85. The van der Waals surface area contributed by atoms with Crippen molar-refractivity contribution in [3.8, 4) is 5.75 Å². The zero-order chi connectivity index (χ0) is 13.5. The summed E-state index contributed by atoms with van der Waals surface area (Å²) in [5.41, 5.74) is 1.07. The van der Waals surface area contributed by atoms with E-state index in [0.29, 0.717) is 19.4 Å². The molecular formula is C14H18N2O2S. The van der Waals surface area contributed by atoms with Gasteiger partial charge in [-0.1, -0.05) is 30.0 Å². The second-order valence-electron chi connectivity index (χ2n) is 4.12. The van der Waals surface area contributed by atoms with Crippen molar-refractivity contribution in [2.45, 2.75) is 19.8 Å². The van der Waals surface area contributed by atoms with Gasteiger partial charge in [0.1, 0.15) is 5.75 Å². The molecule has 19 heavy (non-hydrogen) atoms. The topological polar surface area (TPSA) is 50.7 Å². The molecule has 0 saturated carbocycles. The van der Waals surface area contributed by atoms with E-state index in [0.717, 1.165) is 28.8 Å². The van der Waals surface area contributed by atoms with Crippen LogP contribution in [-0.4, -0.2) is 30.0 Å². The average molecular weight is 278 g/mol. The Hall–Kier alpha value is -1.49. The van der Waals surface area contributed by atoms with E-state index in [1.165, 1.54) is 0 Å². The number of nitrogens with one attached hydrogen (secondary N) is 1. The highest BCUT2D eigenvalue weighted by Gasteiger charge is 2.11. The summed E-state index contributed by atoms with van der Waals surface area (Å²) in [6.45, 7) is 3.39. The fourth-order valence-electron chi connectivity index (χ4n) is 1.85. The molecule has 1 N–H and O–H groups in total. The van der Waals surface area contributed by atoms with Crippen molar-refractivity contribution < 1.29 is 9.53 Å². The second kappa shape index (κ2) is 7.19. The number of benzene rings is 1. The number of amides is 1. The first-order valence-electron chi connectivity index (χ1n) is 6.47. The summed E-state index contributed by atoms with van der Waals surface area (Å²) in [4.78, 5) is 16.0. The van der Waals surface area contributed by atoms with Gasteiger partial charge in [-0.25, -0.2) is 0 Å². The van der Waals surface area contributed by atoms with Gasteiger partial charge in [0.05, 0.1) is 13.2 Å². The molecule has 1 aromatic rings. The molecule has 0 bridgehead atoms. The SMILES string of the molecule is CCOc1ccccc1CCC(=O)NC1=NCCS1. The predicted molar refractivity (Wildman–Crippen MR) is 78.8 cm³/mol. The number of amidine groups is 1. The number of hydrogen-bond donors (Lipinski definition) is 1. The Morgan fingerprint density at radius 3 is 3.05 bits per heavy atom. The zero-order valence-electron chi connectivity index (χ0n) is 11.0. The summed E-state index contributed by atoms with van der Waals surface area (Å²) in [6, 6.07) is 7.85. The molecule has 0 fully saturated rings. The van der Waals surface area contributed by atoms with Gasteiger partial charge in [-0.2, -0.15) is 0 Å². The zero-order valence-corrected chi connectivity index (χ0v) is 11.8. The van der Waals surface area contributed by atoms with Gasteiger partial charge in [0.2, 0.25) is 5.91 Å². The van der Waals surface area contributed by atoms with Gasteiger partial charge in [-0.15, -0.1) is 0 Å². The molecule has 1 amide bonds. The third kappa shape index (κ3) is 4.28. The van der Waals surface area contributed by atoms with E-state index in [-0.39, 0.29) is 5.91 Å².